The van der Waals surface area contributed by atoms with Crippen molar-refractivity contribution in [3.8, 4) is 11.1 Å². The molecule has 2 N–H and O–H groups in total. The highest BCUT2D eigenvalue weighted by Gasteiger charge is 2.17. The third-order valence-electron chi connectivity index (χ3n) is 3.29. The molecule has 0 saturated carbocycles. The minimum Gasteiger partial charge on any atom is -0.481 e. The average Bonchev–Trinajstić information content (AvgIpc) is 2.39. The van der Waals surface area contributed by atoms with Gasteiger partial charge in [0.15, 0.2) is 0 Å². The topological polar surface area (TPSA) is 70.2 Å². The van der Waals surface area contributed by atoms with Crippen molar-refractivity contribution in [3.63, 3.8) is 0 Å². The molecule has 1 heterocycles. The highest BCUT2D eigenvalue weighted by Crippen LogP contribution is 2.31. The smallest absolute Gasteiger partial charge is 0.307 e. The van der Waals surface area contributed by atoms with Crippen LogP contribution in [0, 0.1) is 5.82 Å². The number of halogens is 1. The molecule has 5 heteroatoms. The molecule has 2 aromatic rings. The van der Waals surface area contributed by atoms with E-state index in [2.05, 4.69) is 4.98 Å². The summed E-state index contributed by atoms with van der Waals surface area (Å²) in [4.78, 5) is 25.0. The number of aromatic amines is 1. The zero-order valence-electron chi connectivity index (χ0n) is 11.8. The molecule has 110 valence electrons. The van der Waals surface area contributed by atoms with Crippen molar-refractivity contribution >= 4 is 5.97 Å². The fourth-order valence-corrected chi connectivity index (χ4v) is 2.39. The Kier molecular flexibility index (Phi) is 4.21. The lowest BCUT2D eigenvalue weighted by Crippen LogP contribution is -2.09. The quantitative estimate of drug-likeness (QED) is 0.909. The largest absolute Gasteiger partial charge is 0.481 e. The molecular formula is C16H16FNO3. The monoisotopic (exact) mass is 289 g/mol. The Labute approximate surface area is 121 Å². The standard InChI is InChI=1S/C16H16FNO3/c1-9(2)12-6-11(17)7-13(14(12)8-16(20)21)10-3-4-18-15(19)5-10/h3-7,9H,8H2,1-2H3,(H,18,19)(H,20,21). The molecule has 0 aliphatic heterocycles. The van der Waals surface area contributed by atoms with Crippen LogP contribution in [-0.4, -0.2) is 16.1 Å². The summed E-state index contributed by atoms with van der Waals surface area (Å²) in [5, 5.41) is 9.11. The lowest BCUT2D eigenvalue weighted by Gasteiger charge is -2.16. The fraction of sp³-hybridized carbons (Fsp3) is 0.250. The number of carbonyl (C=O) groups is 1. The van der Waals surface area contributed by atoms with Gasteiger partial charge >= 0.3 is 5.97 Å². The van der Waals surface area contributed by atoms with Gasteiger partial charge in [0.2, 0.25) is 5.56 Å². The average molecular weight is 289 g/mol. The van der Waals surface area contributed by atoms with Gasteiger partial charge in [-0.15, -0.1) is 0 Å². The molecule has 4 nitrogen and oxygen atoms in total. The minimum atomic E-state index is -0.991. The third-order valence-corrected chi connectivity index (χ3v) is 3.29. The van der Waals surface area contributed by atoms with Crippen molar-refractivity contribution in [2.75, 3.05) is 0 Å². The van der Waals surface area contributed by atoms with Gasteiger partial charge in [0.05, 0.1) is 6.42 Å². The van der Waals surface area contributed by atoms with Gasteiger partial charge in [-0.2, -0.15) is 0 Å². The Morgan fingerprint density at radius 2 is 2.05 bits per heavy atom. The molecule has 0 aliphatic rings. The Bertz CT molecular complexity index is 735. The molecule has 2 rings (SSSR count). The maximum Gasteiger partial charge on any atom is 0.307 e. The van der Waals surface area contributed by atoms with Gasteiger partial charge in [-0.3, -0.25) is 9.59 Å². The molecule has 21 heavy (non-hydrogen) atoms. The van der Waals surface area contributed by atoms with Crippen LogP contribution in [0.2, 0.25) is 0 Å². The first-order valence-corrected chi connectivity index (χ1v) is 6.61. The van der Waals surface area contributed by atoms with Crippen LogP contribution in [0.5, 0.6) is 0 Å². The summed E-state index contributed by atoms with van der Waals surface area (Å²) in [6.07, 6.45) is 1.25. The lowest BCUT2D eigenvalue weighted by molar-refractivity contribution is -0.136. The van der Waals surface area contributed by atoms with E-state index in [0.29, 0.717) is 22.3 Å². The van der Waals surface area contributed by atoms with E-state index in [9.17, 15) is 14.0 Å². The van der Waals surface area contributed by atoms with Crippen LogP contribution < -0.4 is 5.56 Å². The lowest BCUT2D eigenvalue weighted by atomic mass is 9.88. The number of benzene rings is 1. The van der Waals surface area contributed by atoms with E-state index in [4.69, 9.17) is 5.11 Å². The Hall–Kier alpha value is -2.43. The van der Waals surface area contributed by atoms with Gasteiger partial charge in [-0.05, 0) is 46.4 Å². The van der Waals surface area contributed by atoms with Crippen LogP contribution in [0.3, 0.4) is 0 Å². The summed E-state index contributed by atoms with van der Waals surface area (Å²) in [5.41, 5.74) is 1.84. The number of aromatic nitrogens is 1. The third kappa shape index (κ3) is 3.37. The zero-order chi connectivity index (χ0) is 15.6. The van der Waals surface area contributed by atoms with Gasteiger partial charge in [0.25, 0.3) is 0 Å². The van der Waals surface area contributed by atoms with E-state index in [1.54, 1.807) is 6.07 Å². The van der Waals surface area contributed by atoms with Crippen molar-refractivity contribution in [1.82, 2.24) is 4.98 Å². The van der Waals surface area contributed by atoms with E-state index in [-0.39, 0.29) is 17.9 Å². The molecule has 1 aromatic carbocycles. The molecule has 0 bridgehead atoms. The first kappa shape index (κ1) is 15.0. The first-order valence-electron chi connectivity index (χ1n) is 6.61. The molecule has 0 atom stereocenters. The van der Waals surface area contributed by atoms with Crippen molar-refractivity contribution in [1.29, 1.82) is 0 Å². The predicted octanol–water partition coefficient (Wildman–Crippen LogP) is 2.93. The number of aliphatic carboxylic acids is 1. The number of nitrogens with one attached hydrogen (secondary N) is 1. The van der Waals surface area contributed by atoms with Crippen molar-refractivity contribution < 1.29 is 14.3 Å². The van der Waals surface area contributed by atoms with Gasteiger partial charge in [-0.1, -0.05) is 13.8 Å². The first-order chi connectivity index (χ1) is 9.88. The van der Waals surface area contributed by atoms with Crippen LogP contribution >= 0.6 is 0 Å². The van der Waals surface area contributed by atoms with E-state index in [0.717, 1.165) is 0 Å². The number of carboxylic acids is 1. The van der Waals surface area contributed by atoms with Crippen LogP contribution in [0.15, 0.2) is 35.3 Å². The fourth-order valence-electron chi connectivity index (χ4n) is 2.39. The van der Waals surface area contributed by atoms with E-state index < -0.39 is 11.8 Å². The number of hydrogen-bond donors (Lipinski definition) is 2. The minimum absolute atomic E-state index is 0.0178. The summed E-state index contributed by atoms with van der Waals surface area (Å²) >= 11 is 0. The van der Waals surface area contributed by atoms with Gasteiger partial charge in [0.1, 0.15) is 5.82 Å². The number of hydrogen-bond acceptors (Lipinski definition) is 2. The molecule has 0 radical (unpaired) electrons. The van der Waals surface area contributed by atoms with E-state index >= 15 is 0 Å². The Morgan fingerprint density at radius 1 is 1.33 bits per heavy atom. The summed E-state index contributed by atoms with van der Waals surface area (Å²) in [5.74, 6) is -1.45. The summed E-state index contributed by atoms with van der Waals surface area (Å²) in [6.45, 7) is 3.75. The van der Waals surface area contributed by atoms with E-state index in [1.807, 2.05) is 13.8 Å². The number of H-pyrrole nitrogens is 1. The predicted molar refractivity (Wildman–Crippen MR) is 77.9 cm³/mol. The van der Waals surface area contributed by atoms with Crippen molar-refractivity contribution in [3.05, 3.63) is 57.8 Å². The molecule has 0 amide bonds. The Balaban J connectivity index is 2.73. The molecule has 1 aromatic heterocycles. The van der Waals surface area contributed by atoms with Gasteiger partial charge in [0, 0.05) is 12.3 Å². The van der Waals surface area contributed by atoms with Crippen LogP contribution in [0.25, 0.3) is 11.1 Å². The normalized spacial score (nSPS) is 10.9. The SMILES string of the molecule is CC(C)c1cc(F)cc(-c2cc[nH]c(=O)c2)c1CC(=O)O. The maximum absolute atomic E-state index is 13.9. The van der Waals surface area contributed by atoms with Crippen LogP contribution in [0.1, 0.15) is 30.9 Å². The second kappa shape index (κ2) is 5.91. The zero-order valence-corrected chi connectivity index (χ0v) is 11.8. The Morgan fingerprint density at radius 3 is 2.62 bits per heavy atom. The van der Waals surface area contributed by atoms with E-state index in [1.165, 1.54) is 24.4 Å². The summed E-state index contributed by atoms with van der Waals surface area (Å²) < 4.78 is 13.9. The van der Waals surface area contributed by atoms with Crippen LogP contribution in [-0.2, 0) is 11.2 Å². The van der Waals surface area contributed by atoms with Crippen LogP contribution in [0.4, 0.5) is 4.39 Å². The molecule has 0 spiro atoms. The van der Waals surface area contributed by atoms with Gasteiger partial charge in [-0.25, -0.2) is 4.39 Å². The van der Waals surface area contributed by atoms with Crippen molar-refractivity contribution in [2.24, 2.45) is 0 Å². The second-order valence-electron chi connectivity index (χ2n) is 5.19. The van der Waals surface area contributed by atoms with Gasteiger partial charge < -0.3 is 10.1 Å². The number of carboxylic acid groups (broad SMARTS) is 1. The van der Waals surface area contributed by atoms with Crippen molar-refractivity contribution in [2.45, 2.75) is 26.2 Å². The second-order valence-corrected chi connectivity index (χ2v) is 5.19. The summed E-state index contributed by atoms with van der Waals surface area (Å²) in [7, 11) is 0. The number of rotatable bonds is 4. The molecule has 0 saturated heterocycles. The summed E-state index contributed by atoms with van der Waals surface area (Å²) in [6, 6.07) is 5.61. The molecule has 0 unspecified atom stereocenters. The highest BCUT2D eigenvalue weighted by atomic mass is 19.1. The maximum atomic E-state index is 13.9. The molecule has 0 fully saturated rings. The number of pyridine rings is 1. The highest BCUT2D eigenvalue weighted by molar-refractivity contribution is 5.78. The molecular weight excluding hydrogens is 273 g/mol. The molecule has 0 aliphatic carbocycles.